The number of para-hydroxylation sites is 1. The minimum absolute atomic E-state index is 0.0744. The Balaban J connectivity index is 1.87. The molecule has 1 aliphatic rings. The molecular weight excluding hydrogens is 288 g/mol. The molecule has 23 heavy (non-hydrogen) atoms. The number of benzene rings is 1. The first kappa shape index (κ1) is 15.7. The molecule has 0 unspecified atom stereocenters. The van der Waals surface area contributed by atoms with Crippen molar-refractivity contribution in [3.63, 3.8) is 0 Å². The Morgan fingerprint density at radius 1 is 1.30 bits per heavy atom. The summed E-state index contributed by atoms with van der Waals surface area (Å²) in [5, 5.41) is 7.58. The molecule has 0 atom stereocenters. The quantitative estimate of drug-likeness (QED) is 0.911. The van der Waals surface area contributed by atoms with Gasteiger partial charge in [-0.05, 0) is 38.3 Å². The van der Waals surface area contributed by atoms with Crippen LogP contribution in [0.3, 0.4) is 0 Å². The minimum Gasteiger partial charge on any atom is -0.345 e. The number of amides is 1. The molecule has 122 valence electrons. The van der Waals surface area contributed by atoms with Gasteiger partial charge in [0.1, 0.15) is 0 Å². The van der Waals surface area contributed by atoms with Crippen molar-refractivity contribution < 1.29 is 4.79 Å². The molecule has 0 radical (unpaired) electrons. The summed E-state index contributed by atoms with van der Waals surface area (Å²) >= 11 is 0. The van der Waals surface area contributed by atoms with E-state index in [1.807, 2.05) is 42.8 Å². The summed E-state index contributed by atoms with van der Waals surface area (Å²) in [4.78, 5) is 12.7. The van der Waals surface area contributed by atoms with Crippen LogP contribution in [0, 0.1) is 13.8 Å². The fourth-order valence-corrected chi connectivity index (χ4v) is 3.42. The van der Waals surface area contributed by atoms with E-state index in [4.69, 9.17) is 5.73 Å². The van der Waals surface area contributed by atoms with E-state index in [1.165, 1.54) is 0 Å². The third-order valence-corrected chi connectivity index (χ3v) is 4.93. The number of hydrogen-bond donors (Lipinski definition) is 2. The molecule has 1 aliphatic carbocycles. The standard InChI is InChI=1S/C18H24N4O/c1-13-7-3-4-8-16(13)22-14(2)15(11-20-22)17(23)21-18(12-19)9-5-6-10-18/h3-4,7-8,11H,5-6,9-10,12,19H2,1-2H3,(H,21,23). The maximum atomic E-state index is 12.7. The molecular formula is C18H24N4O. The predicted octanol–water partition coefficient (Wildman–Crippen LogP) is 2.49. The van der Waals surface area contributed by atoms with Crippen molar-refractivity contribution in [1.29, 1.82) is 0 Å². The summed E-state index contributed by atoms with van der Waals surface area (Å²) in [6.07, 6.45) is 5.81. The van der Waals surface area contributed by atoms with E-state index in [1.54, 1.807) is 6.20 Å². The van der Waals surface area contributed by atoms with Gasteiger partial charge in [0.05, 0.1) is 28.7 Å². The van der Waals surface area contributed by atoms with Crippen molar-refractivity contribution in [2.45, 2.75) is 45.1 Å². The molecule has 5 heteroatoms. The average Bonchev–Trinajstić information content (AvgIpc) is 3.15. The van der Waals surface area contributed by atoms with Gasteiger partial charge in [0.25, 0.3) is 5.91 Å². The van der Waals surface area contributed by atoms with E-state index < -0.39 is 0 Å². The number of nitrogens with two attached hydrogens (primary N) is 1. The summed E-state index contributed by atoms with van der Waals surface area (Å²) in [6, 6.07) is 8.02. The molecule has 1 aromatic heterocycles. The topological polar surface area (TPSA) is 72.9 Å². The Morgan fingerprint density at radius 3 is 2.65 bits per heavy atom. The van der Waals surface area contributed by atoms with Gasteiger partial charge in [-0.1, -0.05) is 31.0 Å². The van der Waals surface area contributed by atoms with Crippen LogP contribution in [0.2, 0.25) is 0 Å². The number of aryl methyl sites for hydroxylation is 1. The number of nitrogens with zero attached hydrogens (tertiary/aromatic N) is 2. The lowest BCUT2D eigenvalue weighted by atomic mass is 9.97. The molecule has 5 nitrogen and oxygen atoms in total. The van der Waals surface area contributed by atoms with Crippen molar-refractivity contribution in [1.82, 2.24) is 15.1 Å². The Kier molecular flexibility index (Phi) is 4.22. The zero-order valence-electron chi connectivity index (χ0n) is 13.8. The first-order chi connectivity index (χ1) is 11.1. The molecule has 2 aromatic rings. The Morgan fingerprint density at radius 2 is 2.00 bits per heavy atom. The van der Waals surface area contributed by atoms with E-state index in [9.17, 15) is 4.79 Å². The van der Waals surface area contributed by atoms with Gasteiger partial charge in [0, 0.05) is 6.54 Å². The smallest absolute Gasteiger partial charge is 0.255 e. The van der Waals surface area contributed by atoms with Gasteiger partial charge in [0.2, 0.25) is 0 Å². The molecule has 1 amide bonds. The second kappa shape index (κ2) is 6.16. The second-order valence-electron chi connectivity index (χ2n) is 6.49. The average molecular weight is 312 g/mol. The Hall–Kier alpha value is -2.14. The molecule has 1 heterocycles. The molecule has 3 rings (SSSR count). The van der Waals surface area contributed by atoms with E-state index >= 15 is 0 Å². The third-order valence-electron chi connectivity index (χ3n) is 4.93. The Bertz CT molecular complexity index is 714. The van der Waals surface area contributed by atoms with Crippen molar-refractivity contribution >= 4 is 5.91 Å². The van der Waals surface area contributed by atoms with Gasteiger partial charge >= 0.3 is 0 Å². The molecule has 3 N–H and O–H groups in total. The number of hydrogen-bond acceptors (Lipinski definition) is 3. The predicted molar refractivity (Wildman–Crippen MR) is 90.8 cm³/mol. The van der Waals surface area contributed by atoms with Crippen molar-refractivity contribution in [2.24, 2.45) is 5.73 Å². The molecule has 0 spiro atoms. The zero-order valence-corrected chi connectivity index (χ0v) is 13.8. The molecule has 0 saturated heterocycles. The summed E-state index contributed by atoms with van der Waals surface area (Å²) in [7, 11) is 0. The summed E-state index contributed by atoms with van der Waals surface area (Å²) in [6.45, 7) is 4.46. The largest absolute Gasteiger partial charge is 0.345 e. The van der Waals surface area contributed by atoms with Crippen LogP contribution >= 0.6 is 0 Å². The number of rotatable bonds is 4. The van der Waals surface area contributed by atoms with Gasteiger partial charge < -0.3 is 11.1 Å². The highest BCUT2D eigenvalue weighted by Gasteiger charge is 2.34. The fourth-order valence-electron chi connectivity index (χ4n) is 3.42. The van der Waals surface area contributed by atoms with Gasteiger partial charge in [0.15, 0.2) is 0 Å². The Labute approximate surface area is 136 Å². The van der Waals surface area contributed by atoms with Gasteiger partial charge in [-0.15, -0.1) is 0 Å². The first-order valence-electron chi connectivity index (χ1n) is 8.19. The zero-order chi connectivity index (χ0) is 16.4. The summed E-state index contributed by atoms with van der Waals surface area (Å²) in [5.74, 6) is -0.0744. The number of carbonyl (C=O) groups excluding carboxylic acids is 1. The van der Waals surface area contributed by atoms with Gasteiger partial charge in [-0.25, -0.2) is 4.68 Å². The van der Waals surface area contributed by atoms with E-state index in [0.29, 0.717) is 12.1 Å². The summed E-state index contributed by atoms with van der Waals surface area (Å²) < 4.78 is 1.83. The SMILES string of the molecule is Cc1ccccc1-n1ncc(C(=O)NC2(CN)CCCC2)c1C. The molecule has 1 saturated carbocycles. The van der Waals surface area contributed by atoms with Crippen LogP contribution in [0.1, 0.15) is 47.3 Å². The van der Waals surface area contributed by atoms with Crippen LogP contribution < -0.4 is 11.1 Å². The van der Waals surface area contributed by atoms with Crippen LogP contribution in [0.5, 0.6) is 0 Å². The monoisotopic (exact) mass is 312 g/mol. The van der Waals surface area contributed by atoms with Crippen molar-refractivity contribution in [3.05, 3.63) is 47.3 Å². The highest BCUT2D eigenvalue weighted by molar-refractivity contribution is 5.95. The van der Waals surface area contributed by atoms with Gasteiger partial charge in [-0.2, -0.15) is 5.10 Å². The number of aromatic nitrogens is 2. The fraction of sp³-hybridized carbons (Fsp3) is 0.444. The van der Waals surface area contributed by atoms with Crippen LogP contribution in [0.25, 0.3) is 5.69 Å². The van der Waals surface area contributed by atoms with E-state index in [2.05, 4.69) is 10.4 Å². The lowest BCUT2D eigenvalue weighted by Gasteiger charge is -2.28. The van der Waals surface area contributed by atoms with Crippen molar-refractivity contribution in [3.8, 4) is 5.69 Å². The molecule has 1 aromatic carbocycles. The second-order valence-corrected chi connectivity index (χ2v) is 6.49. The number of carbonyl (C=O) groups is 1. The first-order valence-corrected chi connectivity index (χ1v) is 8.19. The number of nitrogens with one attached hydrogen (secondary N) is 1. The molecule has 0 bridgehead atoms. The lowest BCUT2D eigenvalue weighted by molar-refractivity contribution is 0.0902. The molecule has 1 fully saturated rings. The van der Waals surface area contributed by atoms with Crippen LogP contribution in [0.15, 0.2) is 30.5 Å². The maximum absolute atomic E-state index is 12.7. The van der Waals surface area contributed by atoms with Crippen LogP contribution in [-0.4, -0.2) is 27.8 Å². The lowest BCUT2D eigenvalue weighted by Crippen LogP contribution is -2.51. The normalized spacial score (nSPS) is 16.5. The van der Waals surface area contributed by atoms with Gasteiger partial charge in [-0.3, -0.25) is 4.79 Å². The summed E-state index contributed by atoms with van der Waals surface area (Å²) in [5.41, 5.74) is 9.26. The highest BCUT2D eigenvalue weighted by Crippen LogP contribution is 2.29. The van der Waals surface area contributed by atoms with Crippen molar-refractivity contribution in [2.75, 3.05) is 6.54 Å². The van der Waals surface area contributed by atoms with Crippen LogP contribution in [0.4, 0.5) is 0 Å². The minimum atomic E-state index is -0.242. The third kappa shape index (κ3) is 2.88. The highest BCUT2D eigenvalue weighted by atomic mass is 16.1. The molecule has 0 aliphatic heterocycles. The van der Waals surface area contributed by atoms with E-state index in [-0.39, 0.29) is 11.4 Å². The van der Waals surface area contributed by atoms with E-state index in [0.717, 1.165) is 42.6 Å². The maximum Gasteiger partial charge on any atom is 0.255 e. The van der Waals surface area contributed by atoms with Crippen LogP contribution in [-0.2, 0) is 0 Å².